The number of amides is 1. The Morgan fingerprint density at radius 1 is 1.25 bits per heavy atom. The molecule has 1 fully saturated rings. The molecule has 4 heteroatoms. The van der Waals surface area contributed by atoms with Crippen molar-refractivity contribution in [2.24, 2.45) is 0 Å². The zero-order chi connectivity index (χ0) is 16.9. The van der Waals surface area contributed by atoms with Crippen LogP contribution in [-0.4, -0.2) is 37.0 Å². The zero-order valence-corrected chi connectivity index (χ0v) is 15.4. The summed E-state index contributed by atoms with van der Waals surface area (Å²) in [6, 6.07) is 10.4. The fourth-order valence-corrected chi connectivity index (χ4v) is 4.27. The van der Waals surface area contributed by atoms with Crippen LogP contribution in [0.1, 0.15) is 45.1 Å². The van der Waals surface area contributed by atoms with Crippen LogP contribution in [0.2, 0.25) is 0 Å². The van der Waals surface area contributed by atoms with Crippen molar-refractivity contribution in [2.45, 2.75) is 32.6 Å². The number of piperidine rings is 1. The molecule has 1 N–H and O–H groups in total. The average molecular weight is 343 g/mol. The van der Waals surface area contributed by atoms with E-state index in [2.05, 4.69) is 27.7 Å². The first-order valence-corrected chi connectivity index (χ1v) is 9.62. The van der Waals surface area contributed by atoms with Crippen LogP contribution in [0.15, 0.2) is 35.7 Å². The number of nitrogens with zero attached hydrogens (tertiary/aromatic N) is 1. The molecule has 0 aliphatic carbocycles. The van der Waals surface area contributed by atoms with Gasteiger partial charge in [-0.3, -0.25) is 4.79 Å². The van der Waals surface area contributed by atoms with E-state index in [-0.39, 0.29) is 5.91 Å². The molecule has 2 aromatic rings. The maximum absolute atomic E-state index is 12.3. The molecule has 24 heavy (non-hydrogen) atoms. The molecule has 1 aliphatic heterocycles. The van der Waals surface area contributed by atoms with Gasteiger partial charge in [0, 0.05) is 23.5 Å². The lowest BCUT2D eigenvalue weighted by Crippen LogP contribution is -2.39. The lowest BCUT2D eigenvalue weighted by Gasteiger charge is -2.31. The molecule has 0 atom stereocenters. The Labute approximate surface area is 148 Å². The first-order chi connectivity index (χ1) is 11.6. The molecule has 1 aromatic heterocycles. The number of benzene rings is 1. The molecule has 1 aromatic carbocycles. The summed E-state index contributed by atoms with van der Waals surface area (Å²) in [6.45, 7) is 7.92. The first-order valence-electron chi connectivity index (χ1n) is 8.74. The van der Waals surface area contributed by atoms with Gasteiger partial charge in [0.1, 0.15) is 0 Å². The van der Waals surface area contributed by atoms with E-state index in [1.807, 2.05) is 43.4 Å². The second-order valence-corrected chi connectivity index (χ2v) is 7.68. The molecule has 0 radical (unpaired) electrons. The molecule has 0 spiro atoms. The summed E-state index contributed by atoms with van der Waals surface area (Å²) in [5, 5.41) is 5.25. The normalized spacial score (nSPS) is 16.2. The Kier molecular flexibility index (Phi) is 5.69. The SMILES string of the molecule is Cc1ccc(C)c(C(=O)NCCN2CCC(c3cccs3)CC2)c1. The summed E-state index contributed by atoms with van der Waals surface area (Å²) in [5.41, 5.74) is 2.96. The Balaban J connectivity index is 1.42. The maximum Gasteiger partial charge on any atom is 0.251 e. The lowest BCUT2D eigenvalue weighted by atomic mass is 9.95. The van der Waals surface area contributed by atoms with Crippen molar-refractivity contribution in [3.63, 3.8) is 0 Å². The van der Waals surface area contributed by atoms with E-state index in [9.17, 15) is 4.79 Å². The molecule has 0 saturated carbocycles. The number of thiophene rings is 1. The molecule has 0 bridgehead atoms. The van der Waals surface area contributed by atoms with Crippen LogP contribution >= 0.6 is 11.3 Å². The maximum atomic E-state index is 12.3. The van der Waals surface area contributed by atoms with Gasteiger partial charge in [0.05, 0.1) is 0 Å². The fourth-order valence-electron chi connectivity index (χ4n) is 3.37. The standard InChI is InChI=1S/C20H26N2OS/c1-15-5-6-16(2)18(14-15)20(23)21-9-12-22-10-7-17(8-11-22)19-4-3-13-24-19/h3-6,13-14,17H,7-12H2,1-2H3,(H,21,23). The van der Waals surface area contributed by atoms with Crippen LogP contribution in [0.3, 0.4) is 0 Å². The highest BCUT2D eigenvalue weighted by Crippen LogP contribution is 2.30. The van der Waals surface area contributed by atoms with Crippen molar-refractivity contribution in [3.8, 4) is 0 Å². The van der Waals surface area contributed by atoms with Crippen molar-refractivity contribution in [2.75, 3.05) is 26.2 Å². The number of nitrogens with one attached hydrogen (secondary N) is 1. The molecule has 1 aliphatic rings. The molecule has 1 saturated heterocycles. The minimum atomic E-state index is 0.0460. The van der Waals surface area contributed by atoms with Crippen LogP contribution < -0.4 is 5.32 Å². The Hall–Kier alpha value is -1.65. The Morgan fingerprint density at radius 3 is 2.75 bits per heavy atom. The first kappa shape index (κ1) is 17.2. The topological polar surface area (TPSA) is 32.3 Å². The highest BCUT2D eigenvalue weighted by atomic mass is 32.1. The van der Waals surface area contributed by atoms with Gasteiger partial charge in [-0.15, -0.1) is 11.3 Å². The number of aryl methyl sites for hydroxylation is 2. The van der Waals surface area contributed by atoms with Crippen molar-refractivity contribution >= 4 is 17.2 Å². The van der Waals surface area contributed by atoms with Crippen LogP contribution in [0.5, 0.6) is 0 Å². The fraction of sp³-hybridized carbons (Fsp3) is 0.450. The van der Waals surface area contributed by atoms with Crippen LogP contribution in [0.4, 0.5) is 0 Å². The van der Waals surface area contributed by atoms with E-state index in [1.54, 1.807) is 0 Å². The number of hydrogen-bond donors (Lipinski definition) is 1. The highest BCUT2D eigenvalue weighted by molar-refractivity contribution is 7.10. The van der Waals surface area contributed by atoms with Gasteiger partial charge in [-0.1, -0.05) is 23.8 Å². The highest BCUT2D eigenvalue weighted by Gasteiger charge is 2.21. The number of carbonyl (C=O) groups excluding carboxylic acids is 1. The predicted molar refractivity (Wildman–Crippen MR) is 101 cm³/mol. The van der Waals surface area contributed by atoms with Gasteiger partial charge in [0.25, 0.3) is 5.91 Å². The molecule has 3 nitrogen and oxygen atoms in total. The van der Waals surface area contributed by atoms with Gasteiger partial charge in [-0.2, -0.15) is 0 Å². The third-order valence-electron chi connectivity index (χ3n) is 4.88. The van der Waals surface area contributed by atoms with E-state index >= 15 is 0 Å². The second kappa shape index (κ2) is 7.95. The van der Waals surface area contributed by atoms with Gasteiger partial charge < -0.3 is 10.2 Å². The summed E-state index contributed by atoms with van der Waals surface area (Å²) < 4.78 is 0. The van der Waals surface area contributed by atoms with Gasteiger partial charge in [0.2, 0.25) is 0 Å². The molecular weight excluding hydrogens is 316 g/mol. The zero-order valence-electron chi connectivity index (χ0n) is 14.5. The smallest absolute Gasteiger partial charge is 0.251 e. The van der Waals surface area contributed by atoms with Crippen LogP contribution in [0, 0.1) is 13.8 Å². The van der Waals surface area contributed by atoms with Crippen molar-refractivity contribution in [1.29, 1.82) is 0 Å². The van der Waals surface area contributed by atoms with Gasteiger partial charge >= 0.3 is 0 Å². The van der Waals surface area contributed by atoms with E-state index in [4.69, 9.17) is 0 Å². The number of carbonyl (C=O) groups is 1. The molecule has 128 valence electrons. The molecule has 3 rings (SSSR count). The minimum Gasteiger partial charge on any atom is -0.351 e. The molecular formula is C20H26N2OS. The molecule has 1 amide bonds. The van der Waals surface area contributed by atoms with Crippen LogP contribution in [0.25, 0.3) is 0 Å². The van der Waals surface area contributed by atoms with Crippen molar-refractivity contribution < 1.29 is 4.79 Å². The van der Waals surface area contributed by atoms with Crippen molar-refractivity contribution in [3.05, 3.63) is 57.3 Å². The van der Waals surface area contributed by atoms with Gasteiger partial charge in [-0.05, 0) is 68.8 Å². The number of rotatable bonds is 5. The summed E-state index contributed by atoms with van der Waals surface area (Å²) in [5.74, 6) is 0.774. The van der Waals surface area contributed by atoms with Crippen molar-refractivity contribution in [1.82, 2.24) is 10.2 Å². The molecule has 2 heterocycles. The van der Waals surface area contributed by atoms with Gasteiger partial charge in [-0.25, -0.2) is 0 Å². The minimum absolute atomic E-state index is 0.0460. The monoisotopic (exact) mass is 342 g/mol. The predicted octanol–water partition coefficient (Wildman–Crippen LogP) is 3.97. The Morgan fingerprint density at radius 2 is 2.04 bits per heavy atom. The summed E-state index contributed by atoms with van der Waals surface area (Å²) in [7, 11) is 0. The van der Waals surface area contributed by atoms with E-state index < -0.39 is 0 Å². The second-order valence-electron chi connectivity index (χ2n) is 6.71. The summed E-state index contributed by atoms with van der Waals surface area (Å²) >= 11 is 1.88. The van der Waals surface area contributed by atoms with E-state index in [0.717, 1.165) is 48.8 Å². The third-order valence-corrected chi connectivity index (χ3v) is 5.92. The molecule has 0 unspecified atom stereocenters. The summed E-state index contributed by atoms with van der Waals surface area (Å²) in [4.78, 5) is 16.3. The lowest BCUT2D eigenvalue weighted by molar-refractivity contribution is 0.0945. The quantitative estimate of drug-likeness (QED) is 0.891. The average Bonchev–Trinajstić information content (AvgIpc) is 3.12. The number of hydrogen-bond acceptors (Lipinski definition) is 3. The van der Waals surface area contributed by atoms with Gasteiger partial charge in [0.15, 0.2) is 0 Å². The van der Waals surface area contributed by atoms with E-state index in [0.29, 0.717) is 0 Å². The summed E-state index contributed by atoms with van der Waals surface area (Å²) in [6.07, 6.45) is 2.46. The largest absolute Gasteiger partial charge is 0.351 e. The van der Waals surface area contributed by atoms with E-state index in [1.165, 1.54) is 17.7 Å². The van der Waals surface area contributed by atoms with Crippen LogP contribution in [-0.2, 0) is 0 Å². The Bertz CT molecular complexity index is 673. The number of likely N-dealkylation sites (tertiary alicyclic amines) is 1. The third kappa shape index (κ3) is 4.25.